The molecule has 1 aromatic heterocycles. The van der Waals surface area contributed by atoms with E-state index in [0.29, 0.717) is 6.04 Å². The van der Waals surface area contributed by atoms with Gasteiger partial charge in [-0.15, -0.1) is 0 Å². The van der Waals surface area contributed by atoms with Crippen molar-refractivity contribution in [1.29, 1.82) is 0 Å². The van der Waals surface area contributed by atoms with Crippen LogP contribution in [-0.4, -0.2) is 47.9 Å². The molecule has 1 saturated carbocycles. The van der Waals surface area contributed by atoms with E-state index in [1.807, 2.05) is 6.07 Å². The number of hydrogen-bond acceptors (Lipinski definition) is 4. The Kier molecular flexibility index (Phi) is 4.29. The van der Waals surface area contributed by atoms with Crippen molar-refractivity contribution in [1.82, 2.24) is 9.88 Å². The van der Waals surface area contributed by atoms with Gasteiger partial charge < -0.3 is 9.47 Å². The molecule has 0 amide bonds. The largest absolute Gasteiger partial charge is 0.376 e. The predicted octanol–water partition coefficient (Wildman–Crippen LogP) is 3.00. The van der Waals surface area contributed by atoms with Crippen molar-refractivity contribution < 1.29 is 9.47 Å². The average molecular weight is 312 g/mol. The van der Waals surface area contributed by atoms with E-state index >= 15 is 0 Å². The third-order valence-electron chi connectivity index (χ3n) is 5.05. The van der Waals surface area contributed by atoms with Gasteiger partial charge in [-0.2, -0.15) is 0 Å². The molecule has 1 saturated heterocycles. The molecule has 0 spiro atoms. The number of hydrogen-bond donors (Lipinski definition) is 0. The summed E-state index contributed by atoms with van der Waals surface area (Å²) in [4.78, 5) is 7.36. The van der Waals surface area contributed by atoms with E-state index in [-0.39, 0.29) is 12.2 Å². The monoisotopic (exact) mass is 312 g/mol. The summed E-state index contributed by atoms with van der Waals surface area (Å²) in [6.07, 6.45) is 2.75. The Morgan fingerprint density at radius 3 is 3.04 bits per heavy atom. The molecule has 0 N–H and O–H groups in total. The molecule has 4 nitrogen and oxygen atoms in total. The van der Waals surface area contributed by atoms with Crippen molar-refractivity contribution in [3.63, 3.8) is 0 Å². The van der Waals surface area contributed by atoms with E-state index in [9.17, 15) is 0 Å². The SMILES string of the molecule is CCO[C@@H]1CC[C@H]2[C@H]1OCCN2Cc1ccc2ccccc2n1. The third kappa shape index (κ3) is 2.99. The Hall–Kier alpha value is -1.49. The molecule has 2 aliphatic rings. The van der Waals surface area contributed by atoms with Crippen LogP contribution in [0.25, 0.3) is 10.9 Å². The summed E-state index contributed by atoms with van der Waals surface area (Å²) in [6, 6.07) is 13.1. The van der Waals surface area contributed by atoms with Crippen molar-refractivity contribution >= 4 is 10.9 Å². The normalized spacial score (nSPS) is 28.1. The lowest BCUT2D eigenvalue weighted by Crippen LogP contribution is -2.51. The van der Waals surface area contributed by atoms with Crippen molar-refractivity contribution in [2.75, 3.05) is 19.8 Å². The molecular weight excluding hydrogens is 288 g/mol. The van der Waals surface area contributed by atoms with Gasteiger partial charge in [0.2, 0.25) is 0 Å². The van der Waals surface area contributed by atoms with Gasteiger partial charge in [0.15, 0.2) is 0 Å². The summed E-state index contributed by atoms with van der Waals surface area (Å²) < 4.78 is 11.9. The van der Waals surface area contributed by atoms with Gasteiger partial charge in [-0.1, -0.05) is 24.3 Å². The van der Waals surface area contributed by atoms with E-state index in [2.05, 4.69) is 42.2 Å². The number of para-hydroxylation sites is 1. The molecule has 1 aliphatic carbocycles. The maximum atomic E-state index is 6.02. The number of ether oxygens (including phenoxy) is 2. The quantitative estimate of drug-likeness (QED) is 0.869. The van der Waals surface area contributed by atoms with E-state index < -0.39 is 0 Å². The number of morpholine rings is 1. The van der Waals surface area contributed by atoms with Crippen LogP contribution in [0.15, 0.2) is 36.4 Å². The Morgan fingerprint density at radius 2 is 2.13 bits per heavy atom. The lowest BCUT2D eigenvalue weighted by molar-refractivity contribution is -0.113. The first-order chi connectivity index (χ1) is 11.3. The molecule has 4 rings (SSSR count). The molecule has 2 aromatic rings. The van der Waals surface area contributed by atoms with Crippen LogP contribution in [0.3, 0.4) is 0 Å². The van der Waals surface area contributed by atoms with Gasteiger partial charge in [0, 0.05) is 31.1 Å². The van der Waals surface area contributed by atoms with Crippen molar-refractivity contribution in [2.45, 2.75) is 44.6 Å². The fourth-order valence-electron chi connectivity index (χ4n) is 3.98. The first-order valence-corrected chi connectivity index (χ1v) is 8.67. The van der Waals surface area contributed by atoms with E-state index in [1.54, 1.807) is 0 Å². The van der Waals surface area contributed by atoms with Crippen LogP contribution in [0.2, 0.25) is 0 Å². The molecule has 122 valence electrons. The smallest absolute Gasteiger partial charge is 0.0992 e. The molecule has 3 atom stereocenters. The van der Waals surface area contributed by atoms with Gasteiger partial charge in [-0.3, -0.25) is 9.88 Å². The van der Waals surface area contributed by atoms with Gasteiger partial charge in [-0.05, 0) is 31.9 Å². The molecule has 0 bridgehead atoms. The maximum absolute atomic E-state index is 6.02. The minimum absolute atomic E-state index is 0.226. The Labute approximate surface area is 137 Å². The molecule has 1 aromatic carbocycles. The lowest BCUT2D eigenvalue weighted by Gasteiger charge is -2.38. The standard InChI is InChI=1S/C19H24N2O2/c1-2-22-18-10-9-17-19(18)23-12-11-21(17)13-15-8-7-14-5-3-4-6-16(14)20-15/h3-8,17-19H,2,9-13H2,1H3/t17-,18+,19+/m0/s1. The zero-order valence-electron chi connectivity index (χ0n) is 13.6. The average Bonchev–Trinajstić information content (AvgIpc) is 2.99. The van der Waals surface area contributed by atoms with E-state index in [1.165, 1.54) is 5.39 Å². The van der Waals surface area contributed by atoms with Crippen LogP contribution in [0, 0.1) is 0 Å². The van der Waals surface area contributed by atoms with Gasteiger partial charge in [0.05, 0.1) is 30.0 Å². The fraction of sp³-hybridized carbons (Fsp3) is 0.526. The van der Waals surface area contributed by atoms with Gasteiger partial charge in [0.25, 0.3) is 0 Å². The molecule has 23 heavy (non-hydrogen) atoms. The summed E-state index contributed by atoms with van der Waals surface area (Å²) in [5, 5.41) is 1.20. The molecule has 1 aliphatic heterocycles. The molecular formula is C19H24N2O2. The van der Waals surface area contributed by atoms with Crippen molar-refractivity contribution in [3.8, 4) is 0 Å². The Morgan fingerprint density at radius 1 is 1.22 bits per heavy atom. The summed E-state index contributed by atoms with van der Waals surface area (Å²) in [5.41, 5.74) is 2.22. The lowest BCUT2D eigenvalue weighted by atomic mass is 10.1. The second kappa shape index (κ2) is 6.56. The summed E-state index contributed by atoms with van der Waals surface area (Å²) in [5.74, 6) is 0. The first-order valence-electron chi connectivity index (χ1n) is 8.67. The number of aromatic nitrogens is 1. The second-order valence-electron chi connectivity index (χ2n) is 6.44. The Bertz CT molecular complexity index is 675. The Balaban J connectivity index is 1.51. The zero-order valence-corrected chi connectivity index (χ0v) is 13.6. The van der Waals surface area contributed by atoms with Crippen LogP contribution in [0.4, 0.5) is 0 Å². The minimum Gasteiger partial charge on any atom is -0.376 e. The highest BCUT2D eigenvalue weighted by Crippen LogP contribution is 2.32. The number of pyridine rings is 1. The van der Waals surface area contributed by atoms with Crippen LogP contribution in [0.5, 0.6) is 0 Å². The highest BCUT2D eigenvalue weighted by atomic mass is 16.5. The minimum atomic E-state index is 0.226. The number of rotatable bonds is 4. The van der Waals surface area contributed by atoms with Crippen LogP contribution in [0.1, 0.15) is 25.5 Å². The molecule has 0 unspecified atom stereocenters. The van der Waals surface area contributed by atoms with Crippen molar-refractivity contribution in [2.24, 2.45) is 0 Å². The highest BCUT2D eigenvalue weighted by molar-refractivity contribution is 5.78. The molecule has 2 heterocycles. The van der Waals surface area contributed by atoms with E-state index in [4.69, 9.17) is 14.5 Å². The number of nitrogens with zero attached hydrogens (tertiary/aromatic N) is 2. The second-order valence-corrected chi connectivity index (χ2v) is 6.44. The molecule has 4 heteroatoms. The summed E-state index contributed by atoms with van der Waals surface area (Å²) in [7, 11) is 0. The van der Waals surface area contributed by atoms with Gasteiger partial charge in [0.1, 0.15) is 0 Å². The maximum Gasteiger partial charge on any atom is 0.0992 e. The van der Waals surface area contributed by atoms with Crippen LogP contribution >= 0.6 is 0 Å². The number of benzene rings is 1. The van der Waals surface area contributed by atoms with Crippen molar-refractivity contribution in [3.05, 3.63) is 42.1 Å². The summed E-state index contributed by atoms with van der Waals surface area (Å²) >= 11 is 0. The van der Waals surface area contributed by atoms with Gasteiger partial charge in [-0.25, -0.2) is 0 Å². The molecule has 2 fully saturated rings. The number of fused-ring (bicyclic) bond motifs is 2. The van der Waals surface area contributed by atoms with Crippen LogP contribution < -0.4 is 0 Å². The van der Waals surface area contributed by atoms with Crippen LogP contribution in [-0.2, 0) is 16.0 Å². The zero-order chi connectivity index (χ0) is 15.6. The predicted molar refractivity (Wildman–Crippen MR) is 90.3 cm³/mol. The highest BCUT2D eigenvalue weighted by Gasteiger charge is 2.43. The topological polar surface area (TPSA) is 34.6 Å². The molecule has 0 radical (unpaired) electrons. The third-order valence-corrected chi connectivity index (χ3v) is 5.05. The first kappa shape index (κ1) is 15.1. The van der Waals surface area contributed by atoms with E-state index in [0.717, 1.165) is 50.4 Å². The van der Waals surface area contributed by atoms with Gasteiger partial charge >= 0.3 is 0 Å². The summed E-state index contributed by atoms with van der Waals surface area (Å²) in [6.45, 7) is 5.50. The fourth-order valence-corrected chi connectivity index (χ4v) is 3.98.